The molecule has 7 heteroatoms. The van der Waals surface area contributed by atoms with Crippen LogP contribution in [-0.4, -0.2) is 34.2 Å². The van der Waals surface area contributed by atoms with Crippen LogP contribution in [0.1, 0.15) is 24.2 Å². The van der Waals surface area contributed by atoms with E-state index in [9.17, 15) is 13.2 Å². The van der Waals surface area contributed by atoms with Gasteiger partial charge in [0.15, 0.2) is 0 Å². The minimum atomic E-state index is -3.86. The van der Waals surface area contributed by atoms with Gasteiger partial charge in [0, 0.05) is 17.3 Å². The maximum atomic E-state index is 11.7. The van der Waals surface area contributed by atoms with Crippen LogP contribution in [0.15, 0.2) is 29.2 Å². The second-order valence-electron chi connectivity index (χ2n) is 4.57. The standard InChI is InChI=1S/C13H17ClO5S/c1-10(2)9-18-6-7-19-13(15)11-4-3-5-12(8-11)20(14,16)17/h3-5,8,10H,6-7,9H2,1-2H3. The van der Waals surface area contributed by atoms with E-state index >= 15 is 0 Å². The Morgan fingerprint density at radius 3 is 2.60 bits per heavy atom. The van der Waals surface area contributed by atoms with Crippen LogP contribution in [0, 0.1) is 5.92 Å². The molecule has 0 radical (unpaired) electrons. The van der Waals surface area contributed by atoms with E-state index in [-0.39, 0.29) is 17.1 Å². The van der Waals surface area contributed by atoms with Gasteiger partial charge in [-0.25, -0.2) is 13.2 Å². The van der Waals surface area contributed by atoms with Crippen molar-refractivity contribution in [3.63, 3.8) is 0 Å². The first kappa shape index (κ1) is 16.9. The minimum Gasteiger partial charge on any atom is -0.460 e. The van der Waals surface area contributed by atoms with Gasteiger partial charge < -0.3 is 9.47 Å². The van der Waals surface area contributed by atoms with Crippen molar-refractivity contribution in [2.24, 2.45) is 5.92 Å². The highest BCUT2D eigenvalue weighted by Crippen LogP contribution is 2.16. The lowest BCUT2D eigenvalue weighted by molar-refractivity contribution is 0.0277. The molecule has 0 N–H and O–H groups in total. The van der Waals surface area contributed by atoms with Crippen LogP contribution in [0.2, 0.25) is 0 Å². The largest absolute Gasteiger partial charge is 0.460 e. The van der Waals surface area contributed by atoms with E-state index in [0.717, 1.165) is 0 Å². The summed E-state index contributed by atoms with van der Waals surface area (Å²) in [6, 6.07) is 5.38. The molecule has 1 rings (SSSR count). The number of hydrogen-bond donors (Lipinski definition) is 0. The van der Waals surface area contributed by atoms with Crippen molar-refractivity contribution in [3.05, 3.63) is 29.8 Å². The van der Waals surface area contributed by atoms with E-state index in [4.69, 9.17) is 20.2 Å². The predicted molar refractivity (Wildman–Crippen MR) is 75.4 cm³/mol. The number of carbonyl (C=O) groups is 1. The van der Waals surface area contributed by atoms with Gasteiger partial charge in [-0.05, 0) is 24.1 Å². The normalized spacial score (nSPS) is 11.6. The third-order valence-electron chi connectivity index (χ3n) is 2.26. The fraction of sp³-hybridized carbons (Fsp3) is 0.462. The van der Waals surface area contributed by atoms with Gasteiger partial charge in [0.2, 0.25) is 0 Å². The third kappa shape index (κ3) is 5.90. The highest BCUT2D eigenvalue weighted by Gasteiger charge is 2.14. The Morgan fingerprint density at radius 1 is 1.30 bits per heavy atom. The maximum Gasteiger partial charge on any atom is 0.338 e. The summed E-state index contributed by atoms with van der Waals surface area (Å²) in [5.74, 6) is -0.198. The molecule has 5 nitrogen and oxygen atoms in total. The molecule has 1 aromatic carbocycles. The molecule has 0 aliphatic heterocycles. The predicted octanol–water partition coefficient (Wildman–Crippen LogP) is 2.44. The summed E-state index contributed by atoms with van der Waals surface area (Å²) in [6.45, 7) is 5.05. The minimum absolute atomic E-state index is 0.114. The van der Waals surface area contributed by atoms with E-state index in [1.54, 1.807) is 0 Å². The highest BCUT2D eigenvalue weighted by atomic mass is 35.7. The van der Waals surface area contributed by atoms with Gasteiger partial charge in [-0.15, -0.1) is 0 Å². The summed E-state index contributed by atoms with van der Waals surface area (Å²) < 4.78 is 32.6. The van der Waals surface area contributed by atoms with Gasteiger partial charge in [-0.2, -0.15) is 0 Å². The molecule has 0 atom stereocenters. The lowest BCUT2D eigenvalue weighted by Gasteiger charge is -2.08. The number of hydrogen-bond acceptors (Lipinski definition) is 5. The van der Waals surface area contributed by atoms with Crippen LogP contribution in [0.25, 0.3) is 0 Å². The highest BCUT2D eigenvalue weighted by molar-refractivity contribution is 8.13. The van der Waals surface area contributed by atoms with Gasteiger partial charge in [-0.1, -0.05) is 19.9 Å². The van der Waals surface area contributed by atoms with Crippen LogP contribution in [-0.2, 0) is 18.5 Å². The Morgan fingerprint density at radius 2 is 2.00 bits per heavy atom. The zero-order chi connectivity index (χ0) is 15.2. The Hall–Kier alpha value is -1.11. The Kier molecular flexibility index (Phi) is 6.45. The van der Waals surface area contributed by atoms with Crippen LogP contribution in [0.5, 0.6) is 0 Å². The molecule has 0 saturated carbocycles. The zero-order valence-corrected chi connectivity index (χ0v) is 12.9. The Labute approximate surface area is 123 Å². The molecule has 0 aliphatic rings. The molecule has 20 heavy (non-hydrogen) atoms. The summed E-state index contributed by atoms with van der Waals surface area (Å²) in [6.07, 6.45) is 0. The average Bonchev–Trinajstić information content (AvgIpc) is 2.37. The van der Waals surface area contributed by atoms with Gasteiger partial charge in [-0.3, -0.25) is 0 Å². The zero-order valence-electron chi connectivity index (χ0n) is 11.3. The molecule has 0 amide bonds. The van der Waals surface area contributed by atoms with Crippen molar-refractivity contribution in [2.75, 3.05) is 19.8 Å². The first-order valence-electron chi connectivity index (χ1n) is 6.10. The topological polar surface area (TPSA) is 69.7 Å². The number of halogens is 1. The van der Waals surface area contributed by atoms with E-state index in [1.165, 1.54) is 24.3 Å². The van der Waals surface area contributed by atoms with E-state index in [1.807, 2.05) is 13.8 Å². The summed E-state index contributed by atoms with van der Waals surface area (Å²) in [7, 11) is 1.35. The lowest BCUT2D eigenvalue weighted by Crippen LogP contribution is -2.13. The summed E-state index contributed by atoms with van der Waals surface area (Å²) in [5, 5.41) is 0. The second kappa shape index (κ2) is 7.61. The van der Waals surface area contributed by atoms with Crippen LogP contribution in [0.3, 0.4) is 0 Å². The van der Waals surface area contributed by atoms with Crippen molar-refractivity contribution < 1.29 is 22.7 Å². The van der Waals surface area contributed by atoms with Crippen molar-refractivity contribution in [1.29, 1.82) is 0 Å². The Bertz CT molecular complexity index is 554. The van der Waals surface area contributed by atoms with Crippen molar-refractivity contribution in [1.82, 2.24) is 0 Å². The second-order valence-corrected chi connectivity index (χ2v) is 7.14. The summed E-state index contributed by atoms with van der Waals surface area (Å²) >= 11 is 0. The van der Waals surface area contributed by atoms with Crippen molar-refractivity contribution >= 4 is 25.7 Å². The number of esters is 1. The molecule has 0 heterocycles. The van der Waals surface area contributed by atoms with Crippen molar-refractivity contribution in [3.8, 4) is 0 Å². The molecule has 0 bridgehead atoms. The van der Waals surface area contributed by atoms with Crippen LogP contribution < -0.4 is 0 Å². The average molecular weight is 321 g/mol. The maximum absolute atomic E-state index is 11.7. The van der Waals surface area contributed by atoms with E-state index in [2.05, 4.69) is 0 Å². The fourth-order valence-electron chi connectivity index (χ4n) is 1.37. The molecule has 0 aromatic heterocycles. The number of benzene rings is 1. The molecule has 0 aliphatic carbocycles. The molecule has 0 unspecified atom stereocenters. The summed E-state index contributed by atoms with van der Waals surface area (Å²) in [4.78, 5) is 11.6. The van der Waals surface area contributed by atoms with Crippen LogP contribution >= 0.6 is 10.7 Å². The van der Waals surface area contributed by atoms with Gasteiger partial charge >= 0.3 is 5.97 Å². The first-order chi connectivity index (χ1) is 9.30. The van der Waals surface area contributed by atoms with E-state index < -0.39 is 15.0 Å². The summed E-state index contributed by atoms with van der Waals surface area (Å²) in [5.41, 5.74) is 0.135. The first-order valence-corrected chi connectivity index (χ1v) is 8.41. The number of rotatable bonds is 7. The molecule has 1 aromatic rings. The van der Waals surface area contributed by atoms with Gasteiger partial charge in [0.1, 0.15) is 6.61 Å². The fourth-order valence-corrected chi connectivity index (χ4v) is 2.17. The molecule has 112 valence electrons. The molecule has 0 fully saturated rings. The third-order valence-corrected chi connectivity index (χ3v) is 3.61. The SMILES string of the molecule is CC(C)COCCOC(=O)c1cccc(S(=O)(=O)Cl)c1. The lowest BCUT2D eigenvalue weighted by atomic mass is 10.2. The van der Waals surface area contributed by atoms with Gasteiger partial charge in [0.25, 0.3) is 9.05 Å². The quantitative estimate of drug-likeness (QED) is 0.438. The van der Waals surface area contributed by atoms with E-state index in [0.29, 0.717) is 19.1 Å². The smallest absolute Gasteiger partial charge is 0.338 e. The molecule has 0 spiro atoms. The van der Waals surface area contributed by atoms with Crippen LogP contribution in [0.4, 0.5) is 0 Å². The molecular weight excluding hydrogens is 304 g/mol. The van der Waals surface area contributed by atoms with Gasteiger partial charge in [0.05, 0.1) is 17.1 Å². The molecular formula is C13H17ClO5S. The monoisotopic (exact) mass is 320 g/mol. The Balaban J connectivity index is 2.52. The van der Waals surface area contributed by atoms with Crippen molar-refractivity contribution in [2.45, 2.75) is 18.7 Å². The number of carbonyl (C=O) groups excluding carboxylic acids is 1. The molecule has 0 saturated heterocycles. The number of ether oxygens (including phenoxy) is 2.